The summed E-state index contributed by atoms with van der Waals surface area (Å²) in [6, 6.07) is -1.31. The van der Waals surface area contributed by atoms with Gasteiger partial charge in [-0.1, -0.05) is 0 Å². The number of nitrogen functional groups attached to an aromatic ring is 1. The minimum absolute atomic E-state index is 0.358. The number of hydrogen-bond donors (Lipinski definition) is 1. The lowest BCUT2D eigenvalue weighted by atomic mass is 10.4. The fraction of sp³-hybridized carbons (Fsp3) is 0. The van der Waals surface area contributed by atoms with Crippen LogP contribution in [-0.2, 0) is 0 Å². The SMILES string of the molecule is [2H]c1nc(N)c([2H])c(F)c1[2H]. The highest BCUT2D eigenvalue weighted by atomic mass is 19.1. The normalized spacial score (nSPS) is 14.4. The lowest BCUT2D eigenvalue weighted by Gasteiger charge is -1.87. The van der Waals surface area contributed by atoms with Crippen molar-refractivity contribution < 1.29 is 8.50 Å². The summed E-state index contributed by atoms with van der Waals surface area (Å²) in [4.78, 5) is 3.26. The van der Waals surface area contributed by atoms with Gasteiger partial charge in [0, 0.05) is 12.2 Å². The molecule has 1 aromatic heterocycles. The molecule has 0 aliphatic carbocycles. The van der Waals surface area contributed by atoms with Crippen LogP contribution in [0.3, 0.4) is 0 Å². The van der Waals surface area contributed by atoms with Crippen molar-refractivity contribution in [2.24, 2.45) is 0 Å². The Morgan fingerprint density at radius 1 is 1.88 bits per heavy atom. The first-order valence-corrected chi connectivity index (χ1v) is 1.92. The van der Waals surface area contributed by atoms with Crippen LogP contribution in [0.1, 0.15) is 4.11 Å². The Bertz CT molecular complexity index is 276. The Balaban J connectivity index is 3.46. The second-order valence-electron chi connectivity index (χ2n) is 1.17. The van der Waals surface area contributed by atoms with E-state index in [4.69, 9.17) is 9.85 Å². The van der Waals surface area contributed by atoms with Gasteiger partial charge in [-0.25, -0.2) is 9.37 Å². The number of nitrogens with two attached hydrogens (primary N) is 1. The van der Waals surface area contributed by atoms with Crippen LogP contribution in [0, 0.1) is 5.82 Å². The Hall–Kier alpha value is -1.12. The standard InChI is InChI=1S/C5H5FN2/c6-4-1-2-8-5(7)3-4/h1-3H,(H2,7,8)/i1D,2D,3D. The average Bonchev–Trinajstić information content (AvgIpc) is 1.97. The summed E-state index contributed by atoms with van der Waals surface area (Å²) in [5, 5.41) is 0. The fourth-order valence-corrected chi connectivity index (χ4v) is 0.309. The third-order valence-corrected chi connectivity index (χ3v) is 0.580. The monoisotopic (exact) mass is 115 g/mol. The number of rotatable bonds is 0. The largest absolute Gasteiger partial charge is 0.384 e. The highest BCUT2D eigenvalue weighted by molar-refractivity contribution is 5.26. The van der Waals surface area contributed by atoms with Gasteiger partial charge in [0.25, 0.3) is 0 Å². The molecule has 0 saturated carbocycles. The number of pyridine rings is 1. The first-order chi connectivity index (χ1) is 5.04. The van der Waals surface area contributed by atoms with Gasteiger partial charge in [-0.05, 0) is 6.04 Å². The van der Waals surface area contributed by atoms with Gasteiger partial charge >= 0.3 is 0 Å². The third-order valence-electron chi connectivity index (χ3n) is 0.580. The van der Waals surface area contributed by atoms with Crippen molar-refractivity contribution in [1.82, 2.24) is 4.98 Å². The highest BCUT2D eigenvalue weighted by Crippen LogP contribution is 1.98. The molecule has 0 aromatic carbocycles. The highest BCUT2D eigenvalue weighted by Gasteiger charge is 1.86. The van der Waals surface area contributed by atoms with E-state index in [1.807, 2.05) is 0 Å². The second-order valence-corrected chi connectivity index (χ2v) is 1.17. The summed E-state index contributed by atoms with van der Waals surface area (Å²) in [6.45, 7) is 0. The third kappa shape index (κ3) is 0.932. The molecule has 2 N–H and O–H groups in total. The van der Waals surface area contributed by atoms with Crippen LogP contribution in [0.2, 0.25) is 0 Å². The molecule has 0 aliphatic rings. The number of halogens is 1. The van der Waals surface area contributed by atoms with Crippen molar-refractivity contribution in [3.63, 3.8) is 0 Å². The summed E-state index contributed by atoms with van der Waals surface area (Å²) in [7, 11) is 0. The maximum Gasteiger partial charge on any atom is 0.128 e. The summed E-state index contributed by atoms with van der Waals surface area (Å²) in [6.07, 6.45) is -0.545. The van der Waals surface area contributed by atoms with E-state index in [-0.39, 0.29) is 5.82 Å². The number of hydrogen-bond acceptors (Lipinski definition) is 2. The Morgan fingerprint density at radius 2 is 2.62 bits per heavy atom. The Kier molecular flexibility index (Phi) is 0.541. The van der Waals surface area contributed by atoms with Crippen LogP contribution in [0.15, 0.2) is 18.3 Å². The molecule has 0 aliphatic heterocycles. The number of nitrogens with zero attached hydrogens (tertiary/aromatic N) is 1. The van der Waals surface area contributed by atoms with Gasteiger partial charge in [0.15, 0.2) is 0 Å². The van der Waals surface area contributed by atoms with Crippen LogP contribution in [0.25, 0.3) is 0 Å². The van der Waals surface area contributed by atoms with Crippen LogP contribution in [0.4, 0.5) is 10.2 Å². The van der Waals surface area contributed by atoms with Gasteiger partial charge in [0.2, 0.25) is 0 Å². The summed E-state index contributed by atoms with van der Waals surface area (Å²) >= 11 is 0. The lowest BCUT2D eigenvalue weighted by Crippen LogP contribution is -1.88. The first-order valence-electron chi connectivity index (χ1n) is 3.42. The summed E-state index contributed by atoms with van der Waals surface area (Å²) < 4.78 is 33.3. The molecule has 0 bridgehead atoms. The molecular formula is C5H5FN2. The van der Waals surface area contributed by atoms with E-state index in [2.05, 4.69) is 4.98 Å². The van der Waals surface area contributed by atoms with Gasteiger partial charge in [-0.2, -0.15) is 0 Å². The zero-order valence-corrected chi connectivity index (χ0v) is 3.90. The Morgan fingerprint density at radius 3 is 3.38 bits per heavy atom. The minimum Gasteiger partial charge on any atom is -0.384 e. The topological polar surface area (TPSA) is 38.9 Å². The summed E-state index contributed by atoms with van der Waals surface area (Å²) in [5.41, 5.74) is 5.05. The molecule has 8 heavy (non-hydrogen) atoms. The van der Waals surface area contributed by atoms with Gasteiger partial charge in [0.1, 0.15) is 11.6 Å². The molecule has 1 rings (SSSR count). The van der Waals surface area contributed by atoms with Gasteiger partial charge < -0.3 is 5.73 Å². The summed E-state index contributed by atoms with van der Waals surface area (Å²) in [5.74, 6) is -1.45. The lowest BCUT2D eigenvalue weighted by molar-refractivity contribution is 0.626. The molecule has 0 spiro atoms. The predicted octanol–water partition coefficient (Wildman–Crippen LogP) is 0.803. The van der Waals surface area contributed by atoms with Crippen molar-refractivity contribution in [3.8, 4) is 0 Å². The maximum atomic E-state index is 12.6. The molecule has 2 nitrogen and oxygen atoms in total. The van der Waals surface area contributed by atoms with E-state index in [1.54, 1.807) is 0 Å². The molecule has 3 heteroatoms. The molecule has 1 heterocycles. The quantitative estimate of drug-likeness (QED) is 0.543. The van der Waals surface area contributed by atoms with Crippen LogP contribution < -0.4 is 5.73 Å². The second kappa shape index (κ2) is 1.78. The molecule has 42 valence electrons. The fourth-order valence-electron chi connectivity index (χ4n) is 0.309. The molecule has 0 saturated heterocycles. The van der Waals surface area contributed by atoms with E-state index in [0.29, 0.717) is 0 Å². The van der Waals surface area contributed by atoms with E-state index >= 15 is 0 Å². The molecular weight excluding hydrogens is 107 g/mol. The maximum absolute atomic E-state index is 12.6. The van der Waals surface area contributed by atoms with E-state index in [1.165, 1.54) is 0 Å². The molecule has 0 fully saturated rings. The van der Waals surface area contributed by atoms with E-state index < -0.39 is 24.1 Å². The van der Waals surface area contributed by atoms with Gasteiger partial charge in [-0.15, -0.1) is 0 Å². The van der Waals surface area contributed by atoms with Crippen LogP contribution in [0.5, 0.6) is 0 Å². The number of anilines is 1. The van der Waals surface area contributed by atoms with Crippen molar-refractivity contribution in [3.05, 3.63) is 24.1 Å². The molecule has 0 radical (unpaired) electrons. The van der Waals surface area contributed by atoms with Crippen LogP contribution >= 0.6 is 0 Å². The van der Waals surface area contributed by atoms with Gasteiger partial charge in [-0.3, -0.25) is 0 Å². The predicted molar refractivity (Wildman–Crippen MR) is 28.6 cm³/mol. The molecule has 0 atom stereocenters. The Labute approximate surface area is 50.4 Å². The van der Waals surface area contributed by atoms with Crippen molar-refractivity contribution >= 4 is 5.82 Å². The van der Waals surface area contributed by atoms with E-state index in [0.717, 1.165) is 0 Å². The zero-order valence-electron chi connectivity index (χ0n) is 6.90. The first kappa shape index (κ1) is 2.44. The average molecular weight is 115 g/mol. The van der Waals surface area contributed by atoms with Crippen LogP contribution in [-0.4, -0.2) is 4.98 Å². The van der Waals surface area contributed by atoms with Gasteiger partial charge in [0.05, 0.1) is 4.11 Å². The van der Waals surface area contributed by atoms with E-state index in [9.17, 15) is 4.39 Å². The van der Waals surface area contributed by atoms with Crippen molar-refractivity contribution in [1.29, 1.82) is 0 Å². The molecule has 1 aromatic rings. The zero-order chi connectivity index (χ0) is 8.59. The molecule has 0 amide bonds. The van der Waals surface area contributed by atoms with Crippen molar-refractivity contribution in [2.45, 2.75) is 0 Å². The molecule has 0 unspecified atom stereocenters. The minimum atomic E-state index is -1.09. The smallest absolute Gasteiger partial charge is 0.128 e. The van der Waals surface area contributed by atoms with Crippen molar-refractivity contribution in [2.75, 3.05) is 5.73 Å². The number of aromatic nitrogens is 1.